The van der Waals surface area contributed by atoms with Gasteiger partial charge >= 0.3 is 5.97 Å². The van der Waals surface area contributed by atoms with Crippen LogP contribution in [-0.2, 0) is 19.6 Å². The Morgan fingerprint density at radius 1 is 1.10 bits per heavy atom. The second-order valence-corrected chi connectivity index (χ2v) is 8.78. The van der Waals surface area contributed by atoms with Crippen LogP contribution in [0.3, 0.4) is 0 Å². The Morgan fingerprint density at radius 2 is 1.76 bits per heavy atom. The van der Waals surface area contributed by atoms with E-state index in [2.05, 4.69) is 0 Å². The van der Waals surface area contributed by atoms with Gasteiger partial charge in [-0.25, -0.2) is 22.0 Å². The van der Waals surface area contributed by atoms with Crippen molar-refractivity contribution in [2.75, 3.05) is 33.3 Å². The van der Waals surface area contributed by atoms with Crippen molar-refractivity contribution in [3.8, 4) is 0 Å². The van der Waals surface area contributed by atoms with Gasteiger partial charge in [-0.2, -0.15) is 4.31 Å². The third-order valence-corrected chi connectivity index (χ3v) is 7.05. The number of benzene rings is 2. The van der Waals surface area contributed by atoms with E-state index in [0.717, 1.165) is 16.4 Å². The van der Waals surface area contributed by atoms with E-state index in [1.807, 2.05) is 0 Å². The highest BCUT2D eigenvalue weighted by Gasteiger charge is 2.36. The van der Waals surface area contributed by atoms with Crippen LogP contribution in [0.15, 0.2) is 47.4 Å². The van der Waals surface area contributed by atoms with Gasteiger partial charge in [0.05, 0.1) is 7.11 Å². The molecule has 1 aliphatic rings. The molecule has 2 aromatic rings. The number of sulfonamides is 1. The summed E-state index contributed by atoms with van der Waals surface area (Å²) in [6.07, 6.45) is 0. The lowest BCUT2D eigenvalue weighted by Crippen LogP contribution is -2.51. The quantitative estimate of drug-likeness (QED) is 0.663. The molecule has 1 unspecified atom stereocenters. The smallest absolute Gasteiger partial charge is 0.327 e. The number of esters is 1. The van der Waals surface area contributed by atoms with Crippen molar-refractivity contribution in [1.29, 1.82) is 0 Å². The van der Waals surface area contributed by atoms with E-state index in [9.17, 15) is 22.0 Å². The predicted molar refractivity (Wildman–Crippen MR) is 103 cm³/mol. The minimum atomic E-state index is -4.13. The molecule has 1 saturated heterocycles. The van der Waals surface area contributed by atoms with Gasteiger partial charge in [-0.05, 0) is 23.8 Å². The lowest BCUT2D eigenvalue weighted by Gasteiger charge is -2.37. The summed E-state index contributed by atoms with van der Waals surface area (Å²) in [5.74, 6) is -2.51. The van der Waals surface area contributed by atoms with Gasteiger partial charge in [0.1, 0.15) is 22.6 Å². The molecule has 1 aliphatic heterocycles. The molecule has 0 amide bonds. The van der Waals surface area contributed by atoms with Gasteiger partial charge in [-0.1, -0.05) is 29.8 Å². The van der Waals surface area contributed by atoms with Gasteiger partial charge in [-0.15, -0.1) is 0 Å². The maximum atomic E-state index is 14.0. The normalized spacial score (nSPS) is 17.1. The number of nitrogens with zero attached hydrogens (tertiary/aromatic N) is 2. The standard InChI is InChI=1S/C19H19ClF2N2O4S/c1-28-19(25)18(14-4-2-3-5-15(14)20)23-8-10-24(11-9-23)29(26,27)17-7-6-13(21)12-16(17)22/h2-7,12,18H,8-11H2,1H3. The van der Waals surface area contributed by atoms with E-state index >= 15 is 0 Å². The van der Waals surface area contributed by atoms with E-state index in [1.54, 1.807) is 29.2 Å². The lowest BCUT2D eigenvalue weighted by molar-refractivity contribution is -0.147. The average molecular weight is 445 g/mol. The molecule has 0 spiro atoms. The second-order valence-electron chi connectivity index (χ2n) is 6.46. The van der Waals surface area contributed by atoms with E-state index in [-0.39, 0.29) is 26.2 Å². The zero-order valence-electron chi connectivity index (χ0n) is 15.5. The van der Waals surface area contributed by atoms with E-state index < -0.39 is 38.6 Å². The maximum absolute atomic E-state index is 14.0. The summed E-state index contributed by atoms with van der Waals surface area (Å²) >= 11 is 6.24. The summed E-state index contributed by atoms with van der Waals surface area (Å²) in [6.45, 7) is 0.453. The Hall–Kier alpha value is -2.07. The molecule has 1 atom stereocenters. The van der Waals surface area contributed by atoms with Crippen LogP contribution in [0.2, 0.25) is 5.02 Å². The molecule has 3 rings (SSSR count). The van der Waals surface area contributed by atoms with Crippen molar-refractivity contribution in [2.24, 2.45) is 0 Å². The highest BCUT2D eigenvalue weighted by Crippen LogP contribution is 2.30. The first kappa shape index (κ1) is 21.6. The first-order valence-electron chi connectivity index (χ1n) is 8.77. The Labute approximate surface area is 172 Å². The van der Waals surface area contributed by atoms with Crippen molar-refractivity contribution in [2.45, 2.75) is 10.9 Å². The van der Waals surface area contributed by atoms with Crippen LogP contribution >= 0.6 is 11.6 Å². The molecule has 10 heteroatoms. The molecule has 156 valence electrons. The summed E-state index contributed by atoms with van der Waals surface area (Å²) in [4.78, 5) is 13.6. The summed E-state index contributed by atoms with van der Waals surface area (Å²) in [5, 5.41) is 0.395. The highest BCUT2D eigenvalue weighted by molar-refractivity contribution is 7.89. The van der Waals surface area contributed by atoms with Gasteiger partial charge < -0.3 is 4.74 Å². The number of hydrogen-bond acceptors (Lipinski definition) is 5. The summed E-state index contributed by atoms with van der Waals surface area (Å²) in [5.41, 5.74) is 0.557. The molecule has 0 aromatic heterocycles. The van der Waals surface area contributed by atoms with Crippen molar-refractivity contribution in [1.82, 2.24) is 9.21 Å². The topological polar surface area (TPSA) is 66.9 Å². The fourth-order valence-corrected chi connectivity index (χ4v) is 5.01. The van der Waals surface area contributed by atoms with E-state index in [4.69, 9.17) is 16.3 Å². The van der Waals surface area contributed by atoms with Crippen LogP contribution in [0.5, 0.6) is 0 Å². The molecule has 0 radical (unpaired) electrons. The highest BCUT2D eigenvalue weighted by atomic mass is 35.5. The number of hydrogen-bond donors (Lipinski definition) is 0. The molecule has 0 bridgehead atoms. The zero-order chi connectivity index (χ0) is 21.2. The lowest BCUT2D eigenvalue weighted by atomic mass is 10.0. The molecule has 1 heterocycles. The number of methoxy groups -OCH3 is 1. The molecule has 2 aromatic carbocycles. The summed E-state index contributed by atoms with van der Waals surface area (Å²) in [7, 11) is -2.87. The maximum Gasteiger partial charge on any atom is 0.327 e. The third-order valence-electron chi connectivity index (χ3n) is 4.77. The molecule has 29 heavy (non-hydrogen) atoms. The number of carbonyl (C=O) groups excluding carboxylic acids is 1. The Bertz CT molecular complexity index is 1010. The van der Waals surface area contributed by atoms with Crippen molar-refractivity contribution < 1.29 is 26.7 Å². The van der Waals surface area contributed by atoms with E-state index in [0.29, 0.717) is 16.7 Å². The predicted octanol–water partition coefficient (Wildman–Crippen LogP) is 2.84. The molecule has 0 N–H and O–H groups in total. The molecule has 1 fully saturated rings. The minimum Gasteiger partial charge on any atom is -0.468 e. The van der Waals surface area contributed by atoms with Crippen LogP contribution in [0.25, 0.3) is 0 Å². The van der Waals surface area contributed by atoms with Crippen molar-refractivity contribution >= 4 is 27.6 Å². The van der Waals surface area contributed by atoms with Crippen LogP contribution in [0.4, 0.5) is 8.78 Å². The van der Waals surface area contributed by atoms with Crippen LogP contribution in [-0.4, -0.2) is 56.9 Å². The number of ether oxygens (including phenoxy) is 1. The SMILES string of the molecule is COC(=O)C(c1ccccc1Cl)N1CCN(S(=O)(=O)c2ccc(F)cc2F)CC1. The molecule has 0 saturated carbocycles. The molecule has 6 nitrogen and oxygen atoms in total. The van der Waals surface area contributed by atoms with Crippen molar-refractivity contribution in [3.05, 3.63) is 64.7 Å². The van der Waals surface area contributed by atoms with Gasteiger partial charge in [0.15, 0.2) is 0 Å². The number of piperazine rings is 1. The summed E-state index contributed by atoms with van der Waals surface area (Å²) in [6, 6.07) is 8.40. The number of halogens is 3. The number of rotatable bonds is 5. The fourth-order valence-electron chi connectivity index (χ4n) is 3.31. The molecular weight excluding hydrogens is 426 g/mol. The van der Waals surface area contributed by atoms with Gasteiger partial charge in [-0.3, -0.25) is 4.90 Å². The molecule has 0 aliphatic carbocycles. The third kappa shape index (κ3) is 4.42. The van der Waals surface area contributed by atoms with Gasteiger partial charge in [0.2, 0.25) is 10.0 Å². The average Bonchev–Trinajstić information content (AvgIpc) is 2.69. The first-order chi connectivity index (χ1) is 13.8. The minimum absolute atomic E-state index is 0.0249. The summed E-state index contributed by atoms with van der Waals surface area (Å²) < 4.78 is 58.6. The first-order valence-corrected chi connectivity index (χ1v) is 10.6. The molecular formula is C19H19ClF2N2O4S. The monoisotopic (exact) mass is 444 g/mol. The second kappa shape index (κ2) is 8.74. The van der Waals surface area contributed by atoms with Crippen molar-refractivity contribution in [3.63, 3.8) is 0 Å². The Kier molecular flexibility index (Phi) is 6.52. The van der Waals surface area contributed by atoms with Gasteiger partial charge in [0.25, 0.3) is 0 Å². The van der Waals surface area contributed by atoms with E-state index in [1.165, 1.54) is 7.11 Å². The largest absolute Gasteiger partial charge is 0.468 e. The zero-order valence-corrected chi connectivity index (χ0v) is 17.1. The Morgan fingerprint density at radius 3 is 2.34 bits per heavy atom. The van der Waals surface area contributed by atoms with Crippen LogP contribution < -0.4 is 0 Å². The van der Waals surface area contributed by atoms with Crippen LogP contribution in [0, 0.1) is 11.6 Å². The number of carbonyl (C=O) groups is 1. The fraction of sp³-hybridized carbons (Fsp3) is 0.316. The van der Waals surface area contributed by atoms with Gasteiger partial charge in [0, 0.05) is 37.3 Å². The Balaban J connectivity index is 1.81. The van der Waals surface area contributed by atoms with Crippen LogP contribution in [0.1, 0.15) is 11.6 Å².